The largest absolute Gasteiger partial charge is 0.507 e. The van der Waals surface area contributed by atoms with E-state index < -0.39 is 9.84 Å². The number of nitrogens with zero attached hydrogens (tertiary/aromatic N) is 1. The minimum atomic E-state index is -3.44. The van der Waals surface area contributed by atoms with Crippen molar-refractivity contribution < 1.29 is 13.5 Å². The smallest absolute Gasteiger partial charge is 0.180 e. The van der Waals surface area contributed by atoms with Gasteiger partial charge in [0.1, 0.15) is 5.75 Å². The Kier molecular flexibility index (Phi) is 4.78. The van der Waals surface area contributed by atoms with Crippen LogP contribution in [0.2, 0.25) is 0 Å². The molecule has 1 aliphatic rings. The molecule has 24 heavy (non-hydrogen) atoms. The molecule has 0 saturated carbocycles. The molecule has 2 aromatic carbocycles. The van der Waals surface area contributed by atoms with E-state index in [1.807, 2.05) is 43.5 Å². The van der Waals surface area contributed by atoms with Crippen LogP contribution in [0.4, 0.5) is 11.4 Å². The van der Waals surface area contributed by atoms with Gasteiger partial charge in [-0.25, -0.2) is 8.42 Å². The number of anilines is 2. The minimum absolute atomic E-state index is 0.0211. The van der Waals surface area contributed by atoms with E-state index in [9.17, 15) is 13.5 Å². The van der Waals surface area contributed by atoms with Gasteiger partial charge >= 0.3 is 0 Å². The topological polar surface area (TPSA) is 57.6 Å². The number of phenolic OH excluding ortho intramolecular Hbond substituents is 1. The van der Waals surface area contributed by atoms with Gasteiger partial charge in [0, 0.05) is 18.3 Å². The van der Waals surface area contributed by atoms with Crippen molar-refractivity contribution in [2.24, 2.45) is 5.92 Å². The van der Waals surface area contributed by atoms with Gasteiger partial charge in [0.05, 0.1) is 21.2 Å². The van der Waals surface area contributed by atoms with Crippen molar-refractivity contribution in [1.29, 1.82) is 0 Å². The van der Waals surface area contributed by atoms with Crippen molar-refractivity contribution in [2.45, 2.75) is 23.1 Å². The summed E-state index contributed by atoms with van der Waals surface area (Å²) in [5, 5.41) is 10.2. The number of hydrogen-bond donors (Lipinski definition) is 1. The van der Waals surface area contributed by atoms with E-state index in [4.69, 9.17) is 0 Å². The van der Waals surface area contributed by atoms with Gasteiger partial charge in [-0.3, -0.25) is 0 Å². The summed E-state index contributed by atoms with van der Waals surface area (Å²) in [6.07, 6.45) is 2.66. The van der Waals surface area contributed by atoms with Gasteiger partial charge in [-0.1, -0.05) is 31.5 Å². The van der Waals surface area contributed by atoms with Crippen molar-refractivity contribution in [3.63, 3.8) is 0 Å². The van der Waals surface area contributed by atoms with Crippen molar-refractivity contribution >= 4 is 33.0 Å². The molecule has 0 spiro atoms. The molecule has 1 atom stereocenters. The molecule has 1 heterocycles. The second-order valence-corrected chi connectivity index (χ2v) is 8.84. The Morgan fingerprint density at radius 1 is 1.25 bits per heavy atom. The standard InChI is InChI=1S/C18H21NO3S2/c1-3-13-11-19(14-7-5-4-6-8-14)15-9-17(23-2)16(20)10-18(15)24(21,22)12-13/h4-10,13,20H,3,11-12H2,1-2H3. The van der Waals surface area contributed by atoms with E-state index in [1.165, 1.54) is 17.8 Å². The molecule has 3 rings (SSSR count). The normalized spacial score (nSPS) is 19.6. The van der Waals surface area contributed by atoms with Gasteiger partial charge in [-0.05, 0) is 30.4 Å². The molecule has 0 radical (unpaired) electrons. The molecule has 0 aliphatic carbocycles. The van der Waals surface area contributed by atoms with E-state index in [2.05, 4.69) is 4.90 Å². The molecule has 0 fully saturated rings. The van der Waals surface area contributed by atoms with Crippen LogP contribution in [0.3, 0.4) is 0 Å². The van der Waals surface area contributed by atoms with Gasteiger partial charge in [0.25, 0.3) is 0 Å². The number of aromatic hydroxyl groups is 1. The zero-order chi connectivity index (χ0) is 17.3. The third-order valence-electron chi connectivity index (χ3n) is 4.43. The van der Waals surface area contributed by atoms with Crippen LogP contribution in [0, 0.1) is 5.92 Å². The summed E-state index contributed by atoms with van der Waals surface area (Å²) in [7, 11) is -3.44. The first-order chi connectivity index (χ1) is 11.5. The molecule has 0 saturated heterocycles. The predicted molar refractivity (Wildman–Crippen MR) is 99.2 cm³/mol. The molecule has 128 valence electrons. The lowest BCUT2D eigenvalue weighted by atomic mass is 10.1. The molecule has 0 bridgehead atoms. The molecule has 0 amide bonds. The Hall–Kier alpha value is -1.66. The lowest BCUT2D eigenvalue weighted by Crippen LogP contribution is -2.25. The number of rotatable bonds is 3. The highest BCUT2D eigenvalue weighted by molar-refractivity contribution is 7.98. The first-order valence-corrected chi connectivity index (χ1v) is 10.8. The van der Waals surface area contributed by atoms with Gasteiger partial charge in [-0.2, -0.15) is 0 Å². The summed E-state index contributed by atoms with van der Waals surface area (Å²) in [6, 6.07) is 13.0. The van der Waals surface area contributed by atoms with Gasteiger partial charge in [-0.15, -0.1) is 11.8 Å². The lowest BCUT2D eigenvalue weighted by Gasteiger charge is -2.27. The first-order valence-electron chi connectivity index (χ1n) is 7.92. The number of thioether (sulfide) groups is 1. The van der Waals surface area contributed by atoms with Crippen LogP contribution in [0.1, 0.15) is 13.3 Å². The highest BCUT2D eigenvalue weighted by atomic mass is 32.2. The fourth-order valence-electron chi connectivity index (χ4n) is 3.07. The third-order valence-corrected chi connectivity index (χ3v) is 7.10. The zero-order valence-corrected chi connectivity index (χ0v) is 15.4. The number of sulfone groups is 1. The molecule has 4 nitrogen and oxygen atoms in total. The van der Waals surface area contributed by atoms with Crippen molar-refractivity contribution in [1.82, 2.24) is 0 Å². The summed E-state index contributed by atoms with van der Waals surface area (Å²) in [5.41, 5.74) is 1.62. The lowest BCUT2D eigenvalue weighted by molar-refractivity contribution is 0.460. The van der Waals surface area contributed by atoms with E-state index in [0.717, 1.165) is 12.1 Å². The maximum Gasteiger partial charge on any atom is 0.180 e. The van der Waals surface area contributed by atoms with Crippen LogP contribution in [-0.4, -0.2) is 32.1 Å². The van der Waals surface area contributed by atoms with Crippen LogP contribution in [0.15, 0.2) is 52.3 Å². The second-order valence-electron chi connectivity index (χ2n) is 5.99. The zero-order valence-electron chi connectivity index (χ0n) is 13.8. The Morgan fingerprint density at radius 2 is 1.96 bits per heavy atom. The van der Waals surface area contributed by atoms with E-state index in [1.54, 1.807) is 6.07 Å². The van der Waals surface area contributed by atoms with E-state index in [0.29, 0.717) is 17.1 Å². The number of hydrogen-bond acceptors (Lipinski definition) is 5. The first kappa shape index (κ1) is 17.2. The molecule has 2 aromatic rings. The number of phenols is 1. The Morgan fingerprint density at radius 3 is 2.58 bits per heavy atom. The SMILES string of the molecule is CCC1CN(c2ccccc2)c2cc(SC)c(O)cc2S(=O)(=O)C1. The fourth-order valence-corrected chi connectivity index (χ4v) is 5.49. The maximum absolute atomic E-state index is 12.8. The summed E-state index contributed by atoms with van der Waals surface area (Å²) < 4.78 is 25.7. The highest BCUT2D eigenvalue weighted by Crippen LogP contribution is 2.42. The van der Waals surface area contributed by atoms with Crippen molar-refractivity contribution in [2.75, 3.05) is 23.5 Å². The second kappa shape index (κ2) is 6.69. The van der Waals surface area contributed by atoms with Crippen LogP contribution in [-0.2, 0) is 9.84 Å². The van der Waals surface area contributed by atoms with Gasteiger partial charge in [0.2, 0.25) is 0 Å². The molecule has 0 aromatic heterocycles. The number of para-hydroxylation sites is 1. The van der Waals surface area contributed by atoms with Gasteiger partial charge in [0.15, 0.2) is 9.84 Å². The molecule has 1 unspecified atom stereocenters. The molecule has 6 heteroatoms. The summed E-state index contributed by atoms with van der Waals surface area (Å²) in [5.74, 6) is 0.174. The average molecular weight is 364 g/mol. The number of fused-ring (bicyclic) bond motifs is 1. The van der Waals surface area contributed by atoms with Crippen LogP contribution < -0.4 is 4.90 Å². The summed E-state index contributed by atoms with van der Waals surface area (Å²) >= 11 is 1.41. The quantitative estimate of drug-likeness (QED) is 0.833. The third kappa shape index (κ3) is 3.13. The van der Waals surface area contributed by atoms with Crippen LogP contribution >= 0.6 is 11.8 Å². The Labute approximate surface area is 147 Å². The van der Waals surface area contributed by atoms with Crippen LogP contribution in [0.25, 0.3) is 0 Å². The minimum Gasteiger partial charge on any atom is -0.507 e. The van der Waals surface area contributed by atoms with Gasteiger partial charge < -0.3 is 10.0 Å². The molecular formula is C18H21NO3S2. The number of benzene rings is 2. The van der Waals surface area contributed by atoms with Crippen molar-refractivity contribution in [3.05, 3.63) is 42.5 Å². The average Bonchev–Trinajstić information content (AvgIpc) is 2.69. The molecule has 1 N–H and O–H groups in total. The maximum atomic E-state index is 12.8. The fraction of sp³-hybridized carbons (Fsp3) is 0.333. The van der Waals surface area contributed by atoms with Crippen molar-refractivity contribution in [3.8, 4) is 5.75 Å². The summed E-state index contributed by atoms with van der Waals surface area (Å²) in [6.45, 7) is 2.66. The Balaban J connectivity index is 2.26. The van der Waals surface area contributed by atoms with Crippen LogP contribution in [0.5, 0.6) is 5.75 Å². The predicted octanol–water partition coefficient (Wildman–Crippen LogP) is 4.07. The highest BCUT2D eigenvalue weighted by Gasteiger charge is 2.32. The van der Waals surface area contributed by atoms with E-state index in [-0.39, 0.29) is 22.3 Å². The molecular weight excluding hydrogens is 342 g/mol. The Bertz CT molecular complexity index is 835. The molecule has 1 aliphatic heterocycles. The monoisotopic (exact) mass is 363 g/mol. The summed E-state index contributed by atoms with van der Waals surface area (Å²) in [4.78, 5) is 2.96. The van der Waals surface area contributed by atoms with E-state index >= 15 is 0 Å².